The molecule has 1 saturated carbocycles. The Morgan fingerprint density at radius 2 is 1.87 bits per heavy atom. The Morgan fingerprint density at radius 3 is 2.48 bits per heavy atom. The fourth-order valence-corrected chi connectivity index (χ4v) is 3.27. The molecule has 1 N–H and O–H groups in total. The van der Waals surface area contributed by atoms with Gasteiger partial charge in [-0.3, -0.25) is 9.59 Å². The summed E-state index contributed by atoms with van der Waals surface area (Å²) < 4.78 is 5.73. The molecule has 23 heavy (non-hydrogen) atoms. The second-order valence-corrected chi connectivity index (χ2v) is 7.06. The van der Waals surface area contributed by atoms with E-state index in [4.69, 9.17) is 4.42 Å². The van der Waals surface area contributed by atoms with E-state index in [0.717, 1.165) is 0 Å². The van der Waals surface area contributed by atoms with Crippen molar-refractivity contribution in [2.45, 2.75) is 44.9 Å². The van der Waals surface area contributed by atoms with E-state index in [1.165, 1.54) is 49.8 Å². The van der Waals surface area contributed by atoms with Gasteiger partial charge in [-0.05, 0) is 46.8 Å². The summed E-state index contributed by atoms with van der Waals surface area (Å²) in [5.41, 5.74) is 0. The van der Waals surface area contributed by atoms with Crippen molar-refractivity contribution in [2.75, 3.05) is 20.1 Å². The van der Waals surface area contributed by atoms with Crippen LogP contribution in [0.15, 0.2) is 21.2 Å². The van der Waals surface area contributed by atoms with Crippen molar-refractivity contribution in [3.63, 3.8) is 0 Å². The van der Waals surface area contributed by atoms with Gasteiger partial charge in [0.25, 0.3) is 5.91 Å². The Balaban J connectivity index is 1.74. The minimum atomic E-state index is -0.295. The summed E-state index contributed by atoms with van der Waals surface area (Å²) in [6, 6.07) is 3.26. The molecule has 1 aromatic rings. The van der Waals surface area contributed by atoms with Gasteiger partial charge in [-0.1, -0.05) is 32.1 Å². The summed E-state index contributed by atoms with van der Waals surface area (Å²) in [5, 5.41) is 2.97. The minimum Gasteiger partial charge on any atom is -0.444 e. The number of likely N-dealkylation sites (N-methyl/N-ethyl adjacent to an activating group) is 1. The van der Waals surface area contributed by atoms with E-state index in [9.17, 15) is 9.59 Å². The normalized spacial score (nSPS) is 16.4. The molecule has 0 saturated heterocycles. The maximum Gasteiger partial charge on any atom is 0.289 e. The van der Waals surface area contributed by atoms with E-state index in [1.54, 1.807) is 19.2 Å². The Kier molecular flexibility index (Phi) is 7.15. The van der Waals surface area contributed by atoms with Crippen LogP contribution in [0.1, 0.15) is 55.5 Å². The summed E-state index contributed by atoms with van der Waals surface area (Å²) in [4.78, 5) is 25.5. The van der Waals surface area contributed by atoms with Crippen LogP contribution in [-0.4, -0.2) is 36.9 Å². The highest BCUT2D eigenvalue weighted by Gasteiger charge is 2.19. The zero-order chi connectivity index (χ0) is 16.7. The van der Waals surface area contributed by atoms with Gasteiger partial charge in [0, 0.05) is 13.6 Å². The first-order valence-electron chi connectivity index (χ1n) is 8.34. The van der Waals surface area contributed by atoms with Crippen LogP contribution in [0, 0.1) is 5.92 Å². The van der Waals surface area contributed by atoms with Crippen molar-refractivity contribution < 1.29 is 14.0 Å². The van der Waals surface area contributed by atoms with Crippen LogP contribution in [0.4, 0.5) is 0 Å². The first kappa shape index (κ1) is 18.0. The van der Waals surface area contributed by atoms with E-state index in [1.807, 2.05) is 0 Å². The zero-order valence-corrected chi connectivity index (χ0v) is 15.2. The smallest absolute Gasteiger partial charge is 0.289 e. The van der Waals surface area contributed by atoms with Crippen LogP contribution in [0.5, 0.6) is 0 Å². The van der Waals surface area contributed by atoms with Gasteiger partial charge in [-0.15, -0.1) is 0 Å². The Labute approximate surface area is 145 Å². The molecule has 1 aliphatic carbocycles. The Bertz CT molecular complexity index is 522. The highest BCUT2D eigenvalue weighted by molar-refractivity contribution is 9.10. The van der Waals surface area contributed by atoms with Gasteiger partial charge >= 0.3 is 0 Å². The van der Waals surface area contributed by atoms with Crippen molar-refractivity contribution in [3.05, 3.63) is 22.6 Å². The lowest BCUT2D eigenvalue weighted by atomic mass is 9.91. The van der Waals surface area contributed by atoms with Crippen LogP contribution in [0.25, 0.3) is 0 Å². The second kappa shape index (κ2) is 9.11. The second-order valence-electron chi connectivity index (χ2n) is 6.28. The number of nitrogens with zero attached hydrogens (tertiary/aromatic N) is 1. The lowest BCUT2D eigenvalue weighted by molar-refractivity contribution is -0.121. The fraction of sp³-hybridized carbons (Fsp3) is 0.647. The average molecular weight is 385 g/mol. The maximum absolute atomic E-state index is 12.1. The SMILES string of the molecule is CN(CC(=O)NCC1CCCCCCC1)C(=O)c1ccc(Br)o1. The first-order valence-corrected chi connectivity index (χ1v) is 9.13. The third-order valence-electron chi connectivity index (χ3n) is 4.32. The number of carbonyl (C=O) groups is 2. The van der Waals surface area contributed by atoms with E-state index in [2.05, 4.69) is 21.2 Å². The molecule has 1 fully saturated rings. The highest BCUT2D eigenvalue weighted by atomic mass is 79.9. The van der Waals surface area contributed by atoms with Crippen molar-refractivity contribution in [2.24, 2.45) is 5.92 Å². The Morgan fingerprint density at radius 1 is 1.22 bits per heavy atom. The zero-order valence-electron chi connectivity index (χ0n) is 13.6. The number of rotatable bonds is 5. The number of amides is 2. The third-order valence-corrected chi connectivity index (χ3v) is 4.75. The van der Waals surface area contributed by atoms with E-state index in [-0.39, 0.29) is 24.1 Å². The molecule has 1 aliphatic rings. The minimum absolute atomic E-state index is 0.0455. The molecule has 0 spiro atoms. The van der Waals surface area contributed by atoms with Gasteiger partial charge in [0.15, 0.2) is 10.4 Å². The summed E-state index contributed by atoms with van der Waals surface area (Å²) in [5.74, 6) is 0.388. The predicted molar refractivity (Wildman–Crippen MR) is 92.2 cm³/mol. The number of furan rings is 1. The molecule has 0 aromatic carbocycles. The summed E-state index contributed by atoms with van der Waals surface area (Å²) >= 11 is 3.16. The van der Waals surface area contributed by atoms with Gasteiger partial charge in [0.1, 0.15) is 0 Å². The standard InChI is InChI=1S/C17H25BrN2O3/c1-20(17(22)14-9-10-15(18)23-14)12-16(21)19-11-13-7-5-3-2-4-6-8-13/h9-10,13H,2-8,11-12H2,1H3,(H,19,21). The third kappa shape index (κ3) is 6.01. The first-order chi connectivity index (χ1) is 11.1. The fourth-order valence-electron chi connectivity index (χ4n) is 2.96. The number of nitrogens with one attached hydrogen (secondary N) is 1. The maximum atomic E-state index is 12.1. The molecule has 128 valence electrons. The molecule has 0 atom stereocenters. The summed E-state index contributed by atoms with van der Waals surface area (Å²) in [7, 11) is 1.61. The van der Waals surface area contributed by atoms with Crippen molar-refractivity contribution >= 4 is 27.7 Å². The van der Waals surface area contributed by atoms with Crippen LogP contribution in [0.2, 0.25) is 0 Å². The summed E-state index contributed by atoms with van der Waals surface area (Å²) in [6.07, 6.45) is 8.85. The number of hydrogen-bond donors (Lipinski definition) is 1. The predicted octanol–water partition coefficient (Wildman–Crippen LogP) is 3.59. The van der Waals surface area contributed by atoms with E-state index in [0.29, 0.717) is 17.1 Å². The molecule has 0 aliphatic heterocycles. The number of halogens is 1. The number of hydrogen-bond acceptors (Lipinski definition) is 3. The number of carbonyl (C=O) groups excluding carboxylic acids is 2. The molecule has 0 bridgehead atoms. The average Bonchev–Trinajstić information content (AvgIpc) is 2.91. The Hall–Kier alpha value is -1.30. The van der Waals surface area contributed by atoms with Crippen LogP contribution >= 0.6 is 15.9 Å². The highest BCUT2D eigenvalue weighted by Crippen LogP contribution is 2.21. The van der Waals surface area contributed by atoms with Gasteiger partial charge in [-0.2, -0.15) is 0 Å². The monoisotopic (exact) mass is 384 g/mol. The lowest BCUT2D eigenvalue weighted by Gasteiger charge is -2.21. The van der Waals surface area contributed by atoms with Crippen molar-refractivity contribution in [1.29, 1.82) is 0 Å². The molecule has 6 heteroatoms. The molecule has 1 aromatic heterocycles. The van der Waals surface area contributed by atoms with Gasteiger partial charge in [-0.25, -0.2) is 0 Å². The van der Waals surface area contributed by atoms with Crippen LogP contribution in [-0.2, 0) is 4.79 Å². The molecule has 1 heterocycles. The summed E-state index contributed by atoms with van der Waals surface area (Å²) in [6.45, 7) is 0.761. The molecule has 2 amide bonds. The van der Waals surface area contributed by atoms with Crippen LogP contribution in [0.3, 0.4) is 0 Å². The largest absolute Gasteiger partial charge is 0.444 e. The van der Waals surface area contributed by atoms with E-state index < -0.39 is 0 Å². The molecule has 0 unspecified atom stereocenters. The van der Waals surface area contributed by atoms with Gasteiger partial charge in [0.2, 0.25) is 5.91 Å². The van der Waals surface area contributed by atoms with Crippen molar-refractivity contribution in [3.8, 4) is 0 Å². The van der Waals surface area contributed by atoms with Gasteiger partial charge < -0.3 is 14.6 Å². The topological polar surface area (TPSA) is 62.6 Å². The van der Waals surface area contributed by atoms with Crippen molar-refractivity contribution in [1.82, 2.24) is 10.2 Å². The lowest BCUT2D eigenvalue weighted by Crippen LogP contribution is -2.40. The molecular formula is C17H25BrN2O3. The van der Waals surface area contributed by atoms with Gasteiger partial charge in [0.05, 0.1) is 6.54 Å². The van der Waals surface area contributed by atoms with Crippen LogP contribution < -0.4 is 5.32 Å². The molecule has 5 nitrogen and oxygen atoms in total. The molecule has 0 radical (unpaired) electrons. The molecule has 2 rings (SSSR count). The van der Waals surface area contributed by atoms with E-state index >= 15 is 0 Å². The molecular weight excluding hydrogens is 360 g/mol. The quantitative estimate of drug-likeness (QED) is 0.843.